The van der Waals surface area contributed by atoms with E-state index < -0.39 is 0 Å². The molecule has 5 nitrogen and oxygen atoms in total. The van der Waals surface area contributed by atoms with Crippen molar-refractivity contribution in [3.63, 3.8) is 0 Å². The van der Waals surface area contributed by atoms with Gasteiger partial charge in [-0.2, -0.15) is 0 Å². The molecule has 0 amide bonds. The van der Waals surface area contributed by atoms with E-state index in [0.29, 0.717) is 11.7 Å². The van der Waals surface area contributed by atoms with E-state index in [2.05, 4.69) is 17.1 Å². The number of aldehydes is 1. The number of fused-ring (bicyclic) bond motifs is 1. The summed E-state index contributed by atoms with van der Waals surface area (Å²) in [6.07, 6.45) is 6.28. The monoisotopic (exact) mass is 393 g/mol. The number of aryl methyl sites for hydroxylation is 1. The molecule has 28 heavy (non-hydrogen) atoms. The van der Waals surface area contributed by atoms with Crippen molar-refractivity contribution in [3.8, 4) is 11.1 Å². The molecule has 0 fully saturated rings. The summed E-state index contributed by atoms with van der Waals surface area (Å²) in [4.78, 5) is 29.7. The van der Waals surface area contributed by atoms with Crippen LogP contribution in [0.1, 0.15) is 17.5 Å². The predicted octanol–water partition coefficient (Wildman–Crippen LogP) is 3.56. The van der Waals surface area contributed by atoms with Gasteiger partial charge in [-0.05, 0) is 53.8 Å². The van der Waals surface area contributed by atoms with Crippen molar-refractivity contribution in [3.05, 3.63) is 81.5 Å². The lowest BCUT2D eigenvalue weighted by molar-refractivity contribution is -0.109. The van der Waals surface area contributed by atoms with Crippen molar-refractivity contribution in [1.29, 1.82) is 0 Å². The number of benzene rings is 1. The summed E-state index contributed by atoms with van der Waals surface area (Å²) in [5.41, 5.74) is 5.14. The van der Waals surface area contributed by atoms with Gasteiger partial charge in [-0.3, -0.25) is 14.3 Å². The molecule has 142 valence electrons. The minimum absolute atomic E-state index is 0.0581. The third kappa shape index (κ3) is 3.45. The number of hydrogen-bond acceptors (Lipinski definition) is 4. The molecule has 0 saturated carbocycles. The molecule has 1 aliphatic heterocycles. The van der Waals surface area contributed by atoms with Gasteiger partial charge in [-0.15, -0.1) is 0 Å². The van der Waals surface area contributed by atoms with Crippen LogP contribution in [-0.2, 0) is 17.8 Å². The fourth-order valence-electron chi connectivity index (χ4n) is 3.71. The first-order valence-electron chi connectivity index (χ1n) is 9.17. The van der Waals surface area contributed by atoms with Crippen molar-refractivity contribution < 1.29 is 4.79 Å². The summed E-state index contributed by atoms with van der Waals surface area (Å²) in [7, 11) is 1.96. The minimum atomic E-state index is -0.139. The van der Waals surface area contributed by atoms with Crippen molar-refractivity contribution in [1.82, 2.24) is 9.55 Å². The SMILES string of the molecule is CN1c2ccc(-c3cncc(Cn4c(Cl)cccc4=O)c3)cc2CCC1C=O. The lowest BCUT2D eigenvalue weighted by atomic mass is 9.93. The Balaban J connectivity index is 1.65. The standard InChI is InChI=1S/C22H20ClN3O2/c1-25-19(14-27)7-5-17-10-16(6-8-20(17)25)18-9-15(11-24-12-18)13-26-21(23)3-2-4-22(26)28/h2-4,6,8-12,14,19H,5,7,13H2,1H3. The van der Waals surface area contributed by atoms with Crippen LogP contribution in [-0.4, -0.2) is 28.9 Å². The zero-order valence-corrected chi connectivity index (χ0v) is 16.3. The van der Waals surface area contributed by atoms with Gasteiger partial charge in [0.15, 0.2) is 0 Å². The summed E-state index contributed by atoms with van der Waals surface area (Å²) in [6, 6.07) is 13.1. The van der Waals surface area contributed by atoms with Gasteiger partial charge in [-0.1, -0.05) is 23.7 Å². The number of likely N-dealkylation sites (N-methyl/N-ethyl adjacent to an activating group) is 1. The highest BCUT2D eigenvalue weighted by molar-refractivity contribution is 6.29. The fraction of sp³-hybridized carbons (Fsp3) is 0.227. The maximum absolute atomic E-state index is 12.1. The highest BCUT2D eigenvalue weighted by atomic mass is 35.5. The number of carbonyl (C=O) groups is 1. The topological polar surface area (TPSA) is 55.2 Å². The molecule has 0 radical (unpaired) electrons. The van der Waals surface area contributed by atoms with Gasteiger partial charge >= 0.3 is 0 Å². The van der Waals surface area contributed by atoms with Crippen molar-refractivity contribution in [2.75, 3.05) is 11.9 Å². The first kappa shape index (κ1) is 18.4. The molecule has 1 atom stereocenters. The van der Waals surface area contributed by atoms with Crippen molar-refractivity contribution in [2.24, 2.45) is 0 Å². The second-order valence-electron chi connectivity index (χ2n) is 7.05. The number of pyridine rings is 2. The lowest BCUT2D eigenvalue weighted by Crippen LogP contribution is -2.37. The molecule has 0 N–H and O–H groups in total. The Bertz CT molecular complexity index is 1090. The zero-order valence-electron chi connectivity index (χ0n) is 15.5. The van der Waals surface area contributed by atoms with Crippen LogP contribution in [0.4, 0.5) is 5.69 Å². The Morgan fingerprint density at radius 2 is 2.04 bits per heavy atom. The van der Waals surface area contributed by atoms with E-state index in [1.165, 1.54) is 16.2 Å². The van der Waals surface area contributed by atoms with Crippen LogP contribution in [0, 0.1) is 0 Å². The molecule has 1 unspecified atom stereocenters. The number of halogens is 1. The predicted molar refractivity (Wildman–Crippen MR) is 111 cm³/mol. The third-order valence-corrected chi connectivity index (χ3v) is 5.62. The largest absolute Gasteiger partial charge is 0.365 e. The quantitative estimate of drug-likeness (QED) is 0.502. The van der Waals surface area contributed by atoms with Crippen molar-refractivity contribution in [2.45, 2.75) is 25.4 Å². The van der Waals surface area contributed by atoms with Gasteiger partial charge in [0.05, 0.1) is 12.6 Å². The third-order valence-electron chi connectivity index (χ3n) is 5.29. The van der Waals surface area contributed by atoms with E-state index in [1.807, 2.05) is 30.3 Å². The smallest absolute Gasteiger partial charge is 0.251 e. The highest BCUT2D eigenvalue weighted by Gasteiger charge is 2.23. The normalized spacial score (nSPS) is 15.9. The second kappa shape index (κ2) is 7.60. The van der Waals surface area contributed by atoms with Crippen LogP contribution in [0.5, 0.6) is 0 Å². The first-order valence-corrected chi connectivity index (χ1v) is 9.55. The van der Waals surface area contributed by atoms with Crippen LogP contribution in [0.15, 0.2) is 59.7 Å². The highest BCUT2D eigenvalue weighted by Crippen LogP contribution is 2.32. The maximum Gasteiger partial charge on any atom is 0.251 e. The summed E-state index contributed by atoms with van der Waals surface area (Å²) in [5.74, 6) is 0. The molecule has 0 spiro atoms. The summed E-state index contributed by atoms with van der Waals surface area (Å²) < 4.78 is 1.52. The number of nitrogens with zero attached hydrogens (tertiary/aromatic N) is 3. The van der Waals surface area contributed by atoms with Crippen molar-refractivity contribution >= 4 is 23.6 Å². The molecule has 0 aliphatic carbocycles. The van der Waals surface area contributed by atoms with E-state index in [-0.39, 0.29) is 11.6 Å². The number of anilines is 1. The molecule has 4 rings (SSSR count). The average Bonchev–Trinajstić information content (AvgIpc) is 2.71. The summed E-state index contributed by atoms with van der Waals surface area (Å²) in [5, 5.41) is 0.402. The number of hydrogen-bond donors (Lipinski definition) is 0. The van der Waals surface area contributed by atoms with Gasteiger partial charge in [-0.25, -0.2) is 0 Å². The minimum Gasteiger partial charge on any atom is -0.365 e. The molecule has 0 bridgehead atoms. The summed E-state index contributed by atoms with van der Waals surface area (Å²) >= 11 is 6.17. The molecule has 3 heterocycles. The Hall–Kier alpha value is -2.92. The van der Waals surface area contributed by atoms with Gasteiger partial charge in [0, 0.05) is 36.8 Å². The Morgan fingerprint density at radius 3 is 2.82 bits per heavy atom. The number of aromatic nitrogens is 2. The van der Waals surface area contributed by atoms with Gasteiger partial charge in [0.1, 0.15) is 11.4 Å². The maximum atomic E-state index is 12.1. The molecular formula is C22H20ClN3O2. The lowest BCUT2D eigenvalue weighted by Gasteiger charge is -2.33. The molecule has 1 aromatic carbocycles. The van der Waals surface area contributed by atoms with Gasteiger partial charge in [0.2, 0.25) is 0 Å². The molecular weight excluding hydrogens is 374 g/mol. The van der Waals surface area contributed by atoms with Crippen LogP contribution >= 0.6 is 11.6 Å². The molecule has 1 aliphatic rings. The van der Waals surface area contributed by atoms with E-state index in [1.54, 1.807) is 18.3 Å². The second-order valence-corrected chi connectivity index (χ2v) is 7.44. The van der Waals surface area contributed by atoms with Gasteiger partial charge in [0.25, 0.3) is 5.56 Å². The first-order chi connectivity index (χ1) is 13.6. The van der Waals surface area contributed by atoms with E-state index in [9.17, 15) is 9.59 Å². The van der Waals surface area contributed by atoms with Crippen LogP contribution < -0.4 is 10.5 Å². The fourth-order valence-corrected chi connectivity index (χ4v) is 3.92. The van der Waals surface area contributed by atoms with Crippen LogP contribution in [0.2, 0.25) is 5.15 Å². The zero-order chi connectivity index (χ0) is 19.7. The van der Waals surface area contributed by atoms with Gasteiger partial charge < -0.3 is 9.69 Å². The molecule has 6 heteroatoms. The Kier molecular flexibility index (Phi) is 5.01. The average molecular weight is 394 g/mol. The number of rotatable bonds is 4. The molecule has 3 aromatic rings. The Labute approximate surface area is 168 Å². The molecule has 2 aromatic heterocycles. The van der Waals surface area contributed by atoms with E-state index >= 15 is 0 Å². The summed E-state index contributed by atoms with van der Waals surface area (Å²) in [6.45, 7) is 0.369. The van der Waals surface area contributed by atoms with Crippen LogP contribution in [0.3, 0.4) is 0 Å². The van der Waals surface area contributed by atoms with E-state index in [4.69, 9.17) is 11.6 Å². The number of carbonyl (C=O) groups excluding carboxylic acids is 1. The molecule has 0 saturated heterocycles. The van der Waals surface area contributed by atoms with Crippen LogP contribution in [0.25, 0.3) is 11.1 Å². The Morgan fingerprint density at radius 1 is 1.18 bits per heavy atom. The van der Waals surface area contributed by atoms with E-state index in [0.717, 1.165) is 41.5 Å².